The molecule has 6 heteroatoms. The van der Waals surface area contributed by atoms with E-state index < -0.39 is 16.9 Å². The average molecular weight is 261 g/mol. The van der Waals surface area contributed by atoms with Gasteiger partial charge in [0.05, 0.1) is 10.6 Å². The fourth-order valence-corrected chi connectivity index (χ4v) is 2.08. The van der Waals surface area contributed by atoms with Crippen LogP contribution in [0.25, 0.3) is 11.3 Å². The van der Waals surface area contributed by atoms with Crippen LogP contribution in [0.3, 0.4) is 0 Å². The lowest BCUT2D eigenvalue weighted by atomic mass is 10.1. The highest BCUT2D eigenvalue weighted by atomic mass is 32.1. The standard InChI is InChI=1S/C11H7F4NS/c1-6-16-9(10(12)17-6)7-3-2-4-8(5-7)11(13,14)15/h2-5H,1H3. The van der Waals surface area contributed by atoms with Gasteiger partial charge in [-0.1, -0.05) is 23.5 Å². The number of thiazole rings is 1. The van der Waals surface area contributed by atoms with E-state index in [9.17, 15) is 17.6 Å². The van der Waals surface area contributed by atoms with Gasteiger partial charge in [0.25, 0.3) is 0 Å². The molecule has 1 aromatic carbocycles. The van der Waals surface area contributed by atoms with Crippen molar-refractivity contribution in [2.75, 3.05) is 0 Å². The predicted molar refractivity (Wildman–Crippen MR) is 57.2 cm³/mol. The molecule has 90 valence electrons. The number of hydrogen-bond acceptors (Lipinski definition) is 2. The van der Waals surface area contributed by atoms with E-state index in [1.165, 1.54) is 12.1 Å². The minimum Gasteiger partial charge on any atom is -0.238 e. The predicted octanol–water partition coefficient (Wildman–Crippen LogP) is 4.28. The molecule has 2 aromatic rings. The van der Waals surface area contributed by atoms with Gasteiger partial charge in [-0.05, 0) is 19.1 Å². The molecule has 0 radical (unpaired) electrons. The molecule has 0 N–H and O–H groups in total. The van der Waals surface area contributed by atoms with Crippen molar-refractivity contribution < 1.29 is 17.6 Å². The highest BCUT2D eigenvalue weighted by Crippen LogP contribution is 2.33. The molecule has 0 bridgehead atoms. The number of aromatic nitrogens is 1. The van der Waals surface area contributed by atoms with Gasteiger partial charge in [-0.15, -0.1) is 0 Å². The van der Waals surface area contributed by atoms with Crippen molar-refractivity contribution in [2.45, 2.75) is 13.1 Å². The third kappa shape index (κ3) is 2.46. The van der Waals surface area contributed by atoms with Gasteiger partial charge in [0, 0.05) is 5.56 Å². The smallest absolute Gasteiger partial charge is 0.238 e. The molecule has 0 saturated carbocycles. The van der Waals surface area contributed by atoms with Crippen molar-refractivity contribution >= 4 is 11.3 Å². The van der Waals surface area contributed by atoms with E-state index in [0.29, 0.717) is 5.01 Å². The lowest BCUT2D eigenvalue weighted by molar-refractivity contribution is -0.137. The van der Waals surface area contributed by atoms with Gasteiger partial charge < -0.3 is 0 Å². The summed E-state index contributed by atoms with van der Waals surface area (Å²) in [7, 11) is 0. The summed E-state index contributed by atoms with van der Waals surface area (Å²) in [6.45, 7) is 1.60. The van der Waals surface area contributed by atoms with Crippen molar-refractivity contribution in [3.05, 3.63) is 40.0 Å². The number of halogens is 4. The Bertz CT molecular complexity index is 545. The summed E-state index contributed by atoms with van der Waals surface area (Å²) in [5, 5.41) is -0.0864. The molecule has 0 amide bonds. The number of benzene rings is 1. The van der Waals surface area contributed by atoms with Crippen LogP contribution in [0.1, 0.15) is 10.6 Å². The first kappa shape index (κ1) is 12.0. The van der Waals surface area contributed by atoms with E-state index in [4.69, 9.17) is 0 Å². The fraction of sp³-hybridized carbons (Fsp3) is 0.182. The van der Waals surface area contributed by atoms with Gasteiger partial charge in [0.15, 0.2) is 0 Å². The van der Waals surface area contributed by atoms with Gasteiger partial charge in [0.1, 0.15) is 5.69 Å². The second-order valence-corrected chi connectivity index (χ2v) is 4.59. The minimum atomic E-state index is -4.43. The van der Waals surface area contributed by atoms with Crippen LogP contribution in [0, 0.1) is 12.1 Å². The Morgan fingerprint density at radius 2 is 1.94 bits per heavy atom. The molecule has 2 rings (SSSR count). The molecule has 0 fully saturated rings. The summed E-state index contributed by atoms with van der Waals surface area (Å²) in [5.41, 5.74) is -0.694. The zero-order valence-electron chi connectivity index (χ0n) is 8.68. The monoisotopic (exact) mass is 261 g/mol. The maximum Gasteiger partial charge on any atom is 0.416 e. The molecule has 0 saturated heterocycles. The van der Waals surface area contributed by atoms with Crippen LogP contribution in [0.15, 0.2) is 24.3 Å². The Morgan fingerprint density at radius 3 is 2.47 bits per heavy atom. The maximum atomic E-state index is 13.4. The lowest BCUT2D eigenvalue weighted by Crippen LogP contribution is -2.04. The molecule has 0 aliphatic rings. The summed E-state index contributed by atoms with van der Waals surface area (Å²) < 4.78 is 50.8. The molecule has 1 heterocycles. The van der Waals surface area contributed by atoms with E-state index >= 15 is 0 Å². The van der Waals surface area contributed by atoms with Gasteiger partial charge in [0.2, 0.25) is 5.13 Å². The first-order chi connectivity index (χ1) is 7.88. The van der Waals surface area contributed by atoms with E-state index in [-0.39, 0.29) is 11.3 Å². The Kier molecular flexibility index (Phi) is 2.91. The second kappa shape index (κ2) is 4.10. The third-order valence-corrected chi connectivity index (χ3v) is 2.92. The number of nitrogens with zero attached hydrogens (tertiary/aromatic N) is 1. The molecule has 0 aliphatic heterocycles. The lowest BCUT2D eigenvalue weighted by Gasteiger charge is -2.07. The number of rotatable bonds is 1. The number of hydrogen-bond donors (Lipinski definition) is 0. The second-order valence-electron chi connectivity index (χ2n) is 3.43. The average Bonchev–Trinajstić information content (AvgIpc) is 2.57. The van der Waals surface area contributed by atoms with E-state index in [2.05, 4.69) is 4.98 Å². The Labute approximate surface area is 98.7 Å². The molecule has 1 nitrogen and oxygen atoms in total. The topological polar surface area (TPSA) is 12.9 Å². The van der Waals surface area contributed by atoms with Crippen LogP contribution in [0.5, 0.6) is 0 Å². The molecular weight excluding hydrogens is 254 g/mol. The van der Waals surface area contributed by atoms with Crippen molar-refractivity contribution in [1.29, 1.82) is 0 Å². The number of alkyl halides is 3. The van der Waals surface area contributed by atoms with Crippen LogP contribution in [-0.2, 0) is 6.18 Å². The molecule has 0 spiro atoms. The highest BCUT2D eigenvalue weighted by Gasteiger charge is 2.30. The molecule has 0 unspecified atom stereocenters. The summed E-state index contributed by atoms with van der Waals surface area (Å²) in [5.74, 6) is 0. The summed E-state index contributed by atoms with van der Waals surface area (Å²) in [4.78, 5) is 3.88. The van der Waals surface area contributed by atoms with Crippen molar-refractivity contribution in [1.82, 2.24) is 4.98 Å². The normalized spacial score (nSPS) is 11.8. The van der Waals surface area contributed by atoms with E-state index in [0.717, 1.165) is 23.5 Å². The van der Waals surface area contributed by atoms with E-state index in [1.807, 2.05) is 0 Å². The Balaban J connectivity index is 2.50. The highest BCUT2D eigenvalue weighted by molar-refractivity contribution is 7.10. The zero-order chi connectivity index (χ0) is 12.6. The van der Waals surface area contributed by atoms with Crippen LogP contribution >= 0.6 is 11.3 Å². The maximum absolute atomic E-state index is 13.4. The Hall–Kier alpha value is -1.43. The summed E-state index contributed by atoms with van der Waals surface area (Å²) in [6.07, 6.45) is -4.43. The van der Waals surface area contributed by atoms with Crippen LogP contribution in [-0.4, -0.2) is 4.98 Å². The summed E-state index contributed by atoms with van der Waals surface area (Å²) >= 11 is 0.818. The molecule has 1 aromatic heterocycles. The van der Waals surface area contributed by atoms with Gasteiger partial charge in [-0.2, -0.15) is 17.6 Å². The fourth-order valence-electron chi connectivity index (χ4n) is 1.42. The van der Waals surface area contributed by atoms with Crippen molar-refractivity contribution in [2.24, 2.45) is 0 Å². The van der Waals surface area contributed by atoms with Crippen LogP contribution in [0.4, 0.5) is 17.6 Å². The Morgan fingerprint density at radius 1 is 1.24 bits per heavy atom. The molecular formula is C11H7F4NS. The number of aryl methyl sites for hydroxylation is 1. The molecule has 0 aliphatic carbocycles. The van der Waals surface area contributed by atoms with Crippen LogP contribution in [0.2, 0.25) is 0 Å². The van der Waals surface area contributed by atoms with Crippen molar-refractivity contribution in [3.63, 3.8) is 0 Å². The van der Waals surface area contributed by atoms with Crippen molar-refractivity contribution in [3.8, 4) is 11.3 Å². The van der Waals surface area contributed by atoms with Gasteiger partial charge >= 0.3 is 6.18 Å². The first-order valence-corrected chi connectivity index (χ1v) is 5.50. The molecule has 0 atom stereocenters. The minimum absolute atomic E-state index is 0.0291. The third-order valence-electron chi connectivity index (χ3n) is 2.16. The van der Waals surface area contributed by atoms with Gasteiger partial charge in [-0.3, -0.25) is 0 Å². The largest absolute Gasteiger partial charge is 0.416 e. The van der Waals surface area contributed by atoms with E-state index in [1.54, 1.807) is 6.92 Å². The zero-order valence-corrected chi connectivity index (χ0v) is 9.49. The van der Waals surface area contributed by atoms with Gasteiger partial charge in [-0.25, -0.2) is 4.98 Å². The molecule has 17 heavy (non-hydrogen) atoms. The first-order valence-electron chi connectivity index (χ1n) is 4.68. The van der Waals surface area contributed by atoms with Crippen LogP contribution < -0.4 is 0 Å². The quantitative estimate of drug-likeness (QED) is 0.698. The SMILES string of the molecule is Cc1nc(-c2cccc(C(F)(F)F)c2)c(F)s1. The summed E-state index contributed by atoms with van der Waals surface area (Å²) in [6, 6.07) is 4.50.